The molecule has 0 bridgehead atoms. The zero-order chi connectivity index (χ0) is 12.3. The number of nitrogens with one attached hydrogen (secondary N) is 2. The largest absolute Gasteiger partial charge is 0.308 e. The van der Waals surface area contributed by atoms with Gasteiger partial charge in [0.05, 0.1) is 0 Å². The number of aromatic nitrogens is 5. The molecule has 0 fully saturated rings. The van der Waals surface area contributed by atoms with Gasteiger partial charge in [0, 0.05) is 11.8 Å². The van der Waals surface area contributed by atoms with E-state index in [9.17, 15) is 0 Å². The van der Waals surface area contributed by atoms with Crippen LogP contribution in [0.4, 0.5) is 5.82 Å². The van der Waals surface area contributed by atoms with Crippen LogP contribution < -0.4 is 11.3 Å². The minimum absolute atomic E-state index is 0.494. The average Bonchev–Trinajstić information content (AvgIpc) is 2.81. The number of H-pyrrole nitrogens is 1. The van der Waals surface area contributed by atoms with Crippen molar-refractivity contribution in [3.8, 4) is 11.6 Å². The van der Waals surface area contributed by atoms with Gasteiger partial charge in [-0.3, -0.25) is 5.10 Å². The maximum Gasteiger partial charge on any atom is 0.199 e. The van der Waals surface area contributed by atoms with E-state index in [2.05, 4.69) is 44.4 Å². The number of nitrogens with two attached hydrogens (primary N) is 1. The highest BCUT2D eigenvalue weighted by Crippen LogP contribution is 2.15. The van der Waals surface area contributed by atoms with Crippen molar-refractivity contribution < 1.29 is 0 Å². The first kappa shape index (κ1) is 11.5. The SMILES string of the molecule is CC(C)Cc1cc(NN)nc(-c2ncn[nH]2)n1. The molecule has 0 aliphatic rings. The maximum atomic E-state index is 5.39. The third kappa shape index (κ3) is 2.76. The Hall–Kier alpha value is -2.02. The van der Waals surface area contributed by atoms with E-state index in [-0.39, 0.29) is 0 Å². The molecule has 0 aliphatic heterocycles. The lowest BCUT2D eigenvalue weighted by Gasteiger charge is -2.07. The Morgan fingerprint density at radius 1 is 1.41 bits per heavy atom. The van der Waals surface area contributed by atoms with Crippen molar-refractivity contribution in [2.45, 2.75) is 20.3 Å². The number of hydrogen-bond acceptors (Lipinski definition) is 6. The molecule has 90 valence electrons. The van der Waals surface area contributed by atoms with Gasteiger partial charge in [-0.2, -0.15) is 5.10 Å². The number of nitrogen functional groups attached to an aromatic ring is 1. The second-order valence-corrected chi connectivity index (χ2v) is 4.14. The van der Waals surface area contributed by atoms with Crippen LogP contribution in [-0.4, -0.2) is 25.1 Å². The second-order valence-electron chi connectivity index (χ2n) is 4.14. The van der Waals surface area contributed by atoms with E-state index in [0.29, 0.717) is 23.4 Å². The summed E-state index contributed by atoms with van der Waals surface area (Å²) in [6.07, 6.45) is 2.28. The van der Waals surface area contributed by atoms with Gasteiger partial charge in [-0.25, -0.2) is 20.8 Å². The lowest BCUT2D eigenvalue weighted by molar-refractivity contribution is 0.634. The van der Waals surface area contributed by atoms with Crippen molar-refractivity contribution in [2.24, 2.45) is 11.8 Å². The second kappa shape index (κ2) is 4.88. The topological polar surface area (TPSA) is 105 Å². The van der Waals surface area contributed by atoms with Gasteiger partial charge < -0.3 is 5.43 Å². The van der Waals surface area contributed by atoms with Gasteiger partial charge in [-0.1, -0.05) is 13.8 Å². The summed E-state index contributed by atoms with van der Waals surface area (Å²) in [6, 6.07) is 1.83. The molecule has 2 aromatic heterocycles. The molecule has 0 saturated heterocycles. The van der Waals surface area contributed by atoms with Crippen molar-refractivity contribution in [3.63, 3.8) is 0 Å². The Bertz CT molecular complexity index is 477. The van der Waals surface area contributed by atoms with E-state index in [1.165, 1.54) is 6.33 Å². The average molecular weight is 233 g/mol. The summed E-state index contributed by atoms with van der Waals surface area (Å²) in [4.78, 5) is 12.7. The fourth-order valence-electron chi connectivity index (χ4n) is 1.51. The summed E-state index contributed by atoms with van der Waals surface area (Å²) >= 11 is 0. The molecule has 2 heterocycles. The van der Waals surface area contributed by atoms with E-state index >= 15 is 0 Å². The zero-order valence-corrected chi connectivity index (χ0v) is 9.81. The molecular weight excluding hydrogens is 218 g/mol. The Balaban J connectivity index is 2.38. The first-order chi connectivity index (χ1) is 8.19. The Kier molecular flexibility index (Phi) is 3.29. The number of nitrogens with zero attached hydrogens (tertiary/aromatic N) is 4. The molecule has 2 aromatic rings. The van der Waals surface area contributed by atoms with Crippen LogP contribution in [0.3, 0.4) is 0 Å². The molecule has 0 atom stereocenters. The zero-order valence-electron chi connectivity index (χ0n) is 9.81. The van der Waals surface area contributed by atoms with Gasteiger partial charge in [0.1, 0.15) is 12.1 Å². The minimum atomic E-state index is 0.494. The summed E-state index contributed by atoms with van der Waals surface area (Å²) in [6.45, 7) is 4.26. The molecular formula is C10H15N7. The van der Waals surface area contributed by atoms with Crippen molar-refractivity contribution in [1.29, 1.82) is 0 Å². The van der Waals surface area contributed by atoms with Crippen molar-refractivity contribution in [2.75, 3.05) is 5.43 Å². The number of hydrogen-bond donors (Lipinski definition) is 3. The van der Waals surface area contributed by atoms with Crippen LogP contribution in [0.1, 0.15) is 19.5 Å². The van der Waals surface area contributed by atoms with Crippen molar-refractivity contribution in [3.05, 3.63) is 18.1 Å². The lowest BCUT2D eigenvalue weighted by atomic mass is 10.1. The summed E-state index contributed by atoms with van der Waals surface area (Å²) in [7, 11) is 0. The first-order valence-electron chi connectivity index (χ1n) is 5.39. The smallest absolute Gasteiger partial charge is 0.199 e. The summed E-state index contributed by atoms with van der Waals surface area (Å²) in [5.41, 5.74) is 3.46. The van der Waals surface area contributed by atoms with Crippen LogP contribution in [0.25, 0.3) is 11.6 Å². The molecule has 4 N–H and O–H groups in total. The van der Waals surface area contributed by atoms with E-state index in [1.807, 2.05) is 6.07 Å². The monoisotopic (exact) mass is 233 g/mol. The first-order valence-corrected chi connectivity index (χ1v) is 5.39. The number of hydrazine groups is 1. The van der Waals surface area contributed by atoms with Gasteiger partial charge in [0.2, 0.25) is 0 Å². The van der Waals surface area contributed by atoms with Gasteiger partial charge >= 0.3 is 0 Å². The summed E-state index contributed by atoms with van der Waals surface area (Å²) < 4.78 is 0. The molecule has 0 spiro atoms. The Morgan fingerprint density at radius 3 is 2.82 bits per heavy atom. The molecule has 0 amide bonds. The highest BCUT2D eigenvalue weighted by atomic mass is 15.3. The number of anilines is 1. The molecule has 0 aromatic carbocycles. The maximum absolute atomic E-state index is 5.39. The van der Waals surface area contributed by atoms with Crippen molar-refractivity contribution in [1.82, 2.24) is 25.1 Å². The normalized spacial score (nSPS) is 10.8. The van der Waals surface area contributed by atoms with Gasteiger partial charge in [0.25, 0.3) is 0 Å². The van der Waals surface area contributed by atoms with Crippen LogP contribution in [0, 0.1) is 5.92 Å². The number of rotatable bonds is 4. The standard InChI is InChI=1S/C10H15N7/c1-6(2)3-7-4-8(16-11)15-10(14-7)9-12-5-13-17-9/h4-6H,3,11H2,1-2H3,(H,12,13,17)(H,14,15,16). The highest BCUT2D eigenvalue weighted by molar-refractivity contribution is 5.48. The third-order valence-electron chi connectivity index (χ3n) is 2.17. The van der Waals surface area contributed by atoms with Gasteiger partial charge in [0.15, 0.2) is 11.6 Å². The van der Waals surface area contributed by atoms with E-state index in [1.54, 1.807) is 0 Å². The molecule has 2 rings (SSSR count). The Labute approximate surface area is 98.9 Å². The molecule has 7 heteroatoms. The predicted molar refractivity (Wildman–Crippen MR) is 63.8 cm³/mol. The molecule has 0 aliphatic carbocycles. The van der Waals surface area contributed by atoms with Crippen LogP contribution in [-0.2, 0) is 6.42 Å². The summed E-state index contributed by atoms with van der Waals surface area (Å²) in [5, 5.41) is 6.51. The van der Waals surface area contributed by atoms with Crippen LogP contribution in [0.2, 0.25) is 0 Å². The predicted octanol–water partition coefficient (Wildman–Crippen LogP) is 0.746. The number of aromatic amines is 1. The van der Waals surface area contributed by atoms with Crippen molar-refractivity contribution >= 4 is 5.82 Å². The van der Waals surface area contributed by atoms with Gasteiger partial charge in [-0.05, 0) is 12.3 Å². The van der Waals surface area contributed by atoms with Crippen LogP contribution in [0.15, 0.2) is 12.4 Å². The quantitative estimate of drug-likeness (QED) is 0.531. The summed E-state index contributed by atoms with van der Waals surface area (Å²) in [5.74, 6) is 7.50. The fourth-order valence-corrected chi connectivity index (χ4v) is 1.51. The van der Waals surface area contributed by atoms with E-state index in [0.717, 1.165) is 12.1 Å². The minimum Gasteiger partial charge on any atom is -0.308 e. The third-order valence-corrected chi connectivity index (χ3v) is 2.17. The highest BCUT2D eigenvalue weighted by Gasteiger charge is 2.09. The molecule has 0 unspecified atom stereocenters. The fraction of sp³-hybridized carbons (Fsp3) is 0.400. The molecule has 7 nitrogen and oxygen atoms in total. The molecule has 17 heavy (non-hydrogen) atoms. The van der Waals surface area contributed by atoms with Crippen LogP contribution >= 0.6 is 0 Å². The lowest BCUT2D eigenvalue weighted by Crippen LogP contribution is -2.11. The Morgan fingerprint density at radius 2 is 2.24 bits per heavy atom. The van der Waals surface area contributed by atoms with E-state index < -0.39 is 0 Å². The van der Waals surface area contributed by atoms with E-state index in [4.69, 9.17) is 5.84 Å². The molecule has 0 saturated carbocycles. The van der Waals surface area contributed by atoms with Crippen LogP contribution in [0.5, 0.6) is 0 Å². The van der Waals surface area contributed by atoms with Gasteiger partial charge in [-0.15, -0.1) is 0 Å². The molecule has 0 radical (unpaired) electrons.